The fourth-order valence-electron chi connectivity index (χ4n) is 1.45. The number of aliphatic hydroxyl groups is 1. The Hall–Kier alpha value is -1.80. The Morgan fingerprint density at radius 2 is 1.56 bits per heavy atom. The molecule has 0 heterocycles. The van der Waals surface area contributed by atoms with Crippen LogP contribution in [0.2, 0.25) is 0 Å². The zero-order valence-electron chi connectivity index (χ0n) is 11.0. The van der Waals surface area contributed by atoms with Gasteiger partial charge >= 0.3 is 0 Å². The number of hydrogen-bond donors (Lipinski definition) is 1. The zero-order valence-corrected chi connectivity index (χ0v) is 11.0. The Bertz CT molecular complexity index is 421. The molecule has 96 valence electrons. The Labute approximate surface area is 109 Å². The average Bonchev–Trinajstić information content (AvgIpc) is 2.42. The van der Waals surface area contributed by atoms with Crippen molar-refractivity contribution < 1.29 is 9.84 Å². The van der Waals surface area contributed by atoms with Gasteiger partial charge in [0.05, 0.1) is 7.11 Å². The van der Waals surface area contributed by atoms with Crippen molar-refractivity contribution in [2.75, 3.05) is 13.7 Å². The number of benzene rings is 2. The summed E-state index contributed by atoms with van der Waals surface area (Å²) in [5.74, 6) is 0.917. The lowest BCUT2D eigenvalue weighted by molar-refractivity contribution is 0.299. The number of rotatable bonds is 3. The second-order valence-electron chi connectivity index (χ2n) is 3.98. The van der Waals surface area contributed by atoms with E-state index < -0.39 is 0 Å². The molecule has 0 amide bonds. The number of aryl methyl sites for hydroxylation is 1. The highest BCUT2D eigenvalue weighted by atomic mass is 16.5. The van der Waals surface area contributed by atoms with Crippen LogP contribution in [0, 0.1) is 6.92 Å². The average molecular weight is 244 g/mol. The van der Waals surface area contributed by atoms with E-state index in [4.69, 9.17) is 9.84 Å². The Kier molecular flexibility index (Phi) is 6.59. The molecule has 1 N–H and O–H groups in total. The molecule has 18 heavy (non-hydrogen) atoms. The molecule has 0 unspecified atom stereocenters. The topological polar surface area (TPSA) is 29.5 Å². The summed E-state index contributed by atoms with van der Waals surface area (Å²) in [6.45, 7) is 2.30. The summed E-state index contributed by atoms with van der Waals surface area (Å²) in [5, 5.41) is 8.52. The molecule has 0 saturated heterocycles. The number of methoxy groups -OCH3 is 1. The van der Waals surface area contributed by atoms with Crippen molar-refractivity contribution in [3.8, 4) is 5.75 Å². The molecule has 0 aliphatic heterocycles. The largest absolute Gasteiger partial charge is 0.497 e. The van der Waals surface area contributed by atoms with Crippen molar-refractivity contribution >= 4 is 0 Å². The second-order valence-corrected chi connectivity index (χ2v) is 3.98. The van der Waals surface area contributed by atoms with Crippen LogP contribution in [-0.2, 0) is 6.42 Å². The first-order chi connectivity index (χ1) is 8.76. The number of aliphatic hydroxyl groups excluding tert-OH is 1. The minimum absolute atomic E-state index is 0.240. The van der Waals surface area contributed by atoms with Crippen molar-refractivity contribution in [1.82, 2.24) is 0 Å². The standard InChI is InChI=1S/2C8H10O/c1-7-3-5-8(9-2)6-4-7;9-7-6-8-4-2-1-3-5-8/h3-6H,1-2H3;1-5,9H,6-7H2. The molecule has 2 nitrogen and oxygen atoms in total. The molecule has 0 atom stereocenters. The first kappa shape index (κ1) is 14.3. The zero-order chi connectivity index (χ0) is 13.2. The van der Waals surface area contributed by atoms with E-state index in [1.807, 2.05) is 54.6 Å². The van der Waals surface area contributed by atoms with Crippen LogP contribution >= 0.6 is 0 Å². The van der Waals surface area contributed by atoms with Crippen LogP contribution < -0.4 is 4.74 Å². The minimum atomic E-state index is 0.240. The molecule has 0 aliphatic rings. The van der Waals surface area contributed by atoms with Gasteiger partial charge < -0.3 is 9.84 Å². The minimum Gasteiger partial charge on any atom is -0.497 e. The van der Waals surface area contributed by atoms with E-state index in [0.29, 0.717) is 0 Å². The molecule has 2 aromatic rings. The van der Waals surface area contributed by atoms with Crippen molar-refractivity contribution in [1.29, 1.82) is 0 Å². The summed E-state index contributed by atoms with van der Waals surface area (Å²) < 4.78 is 4.97. The fourth-order valence-corrected chi connectivity index (χ4v) is 1.45. The molecule has 0 aromatic heterocycles. The van der Waals surface area contributed by atoms with E-state index in [1.165, 1.54) is 11.1 Å². The lowest BCUT2D eigenvalue weighted by Gasteiger charge is -1.97. The smallest absolute Gasteiger partial charge is 0.118 e. The van der Waals surface area contributed by atoms with E-state index in [1.54, 1.807) is 7.11 Å². The Balaban J connectivity index is 0.000000180. The van der Waals surface area contributed by atoms with Crippen molar-refractivity contribution in [3.05, 3.63) is 65.7 Å². The van der Waals surface area contributed by atoms with Gasteiger partial charge in [-0.1, -0.05) is 48.0 Å². The highest BCUT2D eigenvalue weighted by Crippen LogP contribution is 2.09. The van der Waals surface area contributed by atoms with E-state index >= 15 is 0 Å². The quantitative estimate of drug-likeness (QED) is 0.898. The summed E-state index contributed by atoms with van der Waals surface area (Å²) in [4.78, 5) is 0. The molecule has 0 spiro atoms. The molecule has 0 bridgehead atoms. The summed E-state index contributed by atoms with van der Waals surface area (Å²) in [6.07, 6.45) is 0.765. The first-order valence-electron chi connectivity index (χ1n) is 6.01. The molecule has 2 rings (SSSR count). The molecular formula is C16H20O2. The van der Waals surface area contributed by atoms with Crippen LogP contribution in [0.1, 0.15) is 11.1 Å². The third-order valence-electron chi connectivity index (χ3n) is 2.50. The Morgan fingerprint density at radius 1 is 0.944 bits per heavy atom. The highest BCUT2D eigenvalue weighted by Gasteiger charge is 1.86. The molecule has 2 heteroatoms. The van der Waals surface area contributed by atoms with Gasteiger partial charge in [-0.3, -0.25) is 0 Å². The van der Waals surface area contributed by atoms with Crippen molar-refractivity contribution in [3.63, 3.8) is 0 Å². The van der Waals surface area contributed by atoms with Crippen molar-refractivity contribution in [2.24, 2.45) is 0 Å². The van der Waals surface area contributed by atoms with E-state index in [9.17, 15) is 0 Å². The summed E-state index contributed by atoms with van der Waals surface area (Å²) in [7, 11) is 1.67. The Morgan fingerprint density at radius 3 is 2.06 bits per heavy atom. The molecule has 0 saturated carbocycles. The van der Waals surface area contributed by atoms with Gasteiger partial charge in [0.25, 0.3) is 0 Å². The van der Waals surface area contributed by atoms with Crippen molar-refractivity contribution in [2.45, 2.75) is 13.3 Å². The number of ether oxygens (including phenoxy) is 1. The van der Waals surface area contributed by atoms with Crippen LogP contribution in [-0.4, -0.2) is 18.8 Å². The summed E-state index contributed by atoms with van der Waals surface area (Å²) in [6, 6.07) is 17.9. The van der Waals surface area contributed by atoms with E-state index in [2.05, 4.69) is 6.92 Å². The van der Waals surface area contributed by atoms with Crippen LogP contribution in [0.25, 0.3) is 0 Å². The van der Waals surface area contributed by atoms with E-state index in [-0.39, 0.29) is 6.61 Å². The maximum Gasteiger partial charge on any atom is 0.118 e. The van der Waals surface area contributed by atoms with Gasteiger partial charge in [-0.25, -0.2) is 0 Å². The predicted molar refractivity (Wildman–Crippen MR) is 75.0 cm³/mol. The third kappa shape index (κ3) is 5.51. The van der Waals surface area contributed by atoms with Crippen LogP contribution in [0.3, 0.4) is 0 Å². The van der Waals surface area contributed by atoms with Gasteiger partial charge in [0, 0.05) is 6.61 Å². The van der Waals surface area contributed by atoms with E-state index in [0.717, 1.165) is 12.2 Å². The molecule has 2 aromatic carbocycles. The second kappa shape index (κ2) is 8.31. The van der Waals surface area contributed by atoms with Gasteiger partial charge in [-0.05, 0) is 31.0 Å². The SMILES string of the molecule is COc1ccc(C)cc1.OCCc1ccccc1. The normalized spacial score (nSPS) is 9.28. The summed E-state index contributed by atoms with van der Waals surface area (Å²) >= 11 is 0. The number of hydrogen-bond acceptors (Lipinski definition) is 2. The maximum atomic E-state index is 8.52. The van der Waals surface area contributed by atoms with Gasteiger partial charge in [-0.15, -0.1) is 0 Å². The van der Waals surface area contributed by atoms with Gasteiger partial charge in [0.2, 0.25) is 0 Å². The van der Waals surface area contributed by atoms with Gasteiger partial charge in [0.1, 0.15) is 5.75 Å². The molecule has 0 fully saturated rings. The van der Waals surface area contributed by atoms with Crippen LogP contribution in [0.5, 0.6) is 5.75 Å². The third-order valence-corrected chi connectivity index (χ3v) is 2.50. The van der Waals surface area contributed by atoms with Gasteiger partial charge in [-0.2, -0.15) is 0 Å². The van der Waals surface area contributed by atoms with Crippen LogP contribution in [0.15, 0.2) is 54.6 Å². The maximum absolute atomic E-state index is 8.52. The molecule has 0 aliphatic carbocycles. The summed E-state index contributed by atoms with van der Waals surface area (Å²) in [5.41, 5.74) is 2.45. The lowest BCUT2D eigenvalue weighted by atomic mass is 10.2. The monoisotopic (exact) mass is 244 g/mol. The lowest BCUT2D eigenvalue weighted by Crippen LogP contribution is -1.88. The molecule has 0 radical (unpaired) electrons. The predicted octanol–water partition coefficient (Wildman–Crippen LogP) is 3.23. The molecular weight excluding hydrogens is 224 g/mol. The van der Waals surface area contributed by atoms with Gasteiger partial charge in [0.15, 0.2) is 0 Å². The van der Waals surface area contributed by atoms with Crippen LogP contribution in [0.4, 0.5) is 0 Å². The highest BCUT2D eigenvalue weighted by molar-refractivity contribution is 5.25. The fraction of sp³-hybridized carbons (Fsp3) is 0.250. The first-order valence-corrected chi connectivity index (χ1v) is 6.01.